The molecule has 2 rings (SSSR count). The van der Waals surface area contributed by atoms with Crippen molar-refractivity contribution in [2.24, 2.45) is 4.99 Å². The molecule has 1 aromatic rings. The van der Waals surface area contributed by atoms with Crippen LogP contribution < -0.4 is 0 Å². The second-order valence-corrected chi connectivity index (χ2v) is 3.92. The molecule has 0 aliphatic carbocycles. The highest BCUT2D eigenvalue weighted by Gasteiger charge is 2.13. The van der Waals surface area contributed by atoms with E-state index in [0.29, 0.717) is 0 Å². The molecule has 0 atom stereocenters. The predicted octanol–water partition coefficient (Wildman–Crippen LogP) is 3.24. The molecule has 1 aromatic carbocycles. The van der Waals surface area contributed by atoms with E-state index in [-0.39, 0.29) is 0 Å². The Bertz CT molecular complexity index is 407. The third kappa shape index (κ3) is 1.50. The van der Waals surface area contributed by atoms with Gasteiger partial charge >= 0.3 is 0 Å². The lowest BCUT2D eigenvalue weighted by atomic mass is 9.98. The standard InChI is InChI=1S/C13H15N/c1-9-4-6-12(7-5-9)13-10(2)8-14-11(13)3/h4-7H,8H2,1-3H3. The summed E-state index contributed by atoms with van der Waals surface area (Å²) in [5, 5.41) is 0. The van der Waals surface area contributed by atoms with Crippen molar-refractivity contribution in [3.8, 4) is 0 Å². The fourth-order valence-corrected chi connectivity index (χ4v) is 1.88. The molecule has 1 nitrogen and oxygen atoms in total. The first-order chi connectivity index (χ1) is 6.68. The summed E-state index contributed by atoms with van der Waals surface area (Å²) in [5.74, 6) is 0. The molecule has 1 aliphatic rings. The fourth-order valence-electron chi connectivity index (χ4n) is 1.88. The Hall–Kier alpha value is -1.37. The molecule has 0 radical (unpaired) electrons. The normalized spacial score (nSPS) is 16.1. The molecule has 1 aliphatic heterocycles. The van der Waals surface area contributed by atoms with Gasteiger partial charge in [0.2, 0.25) is 0 Å². The van der Waals surface area contributed by atoms with Crippen LogP contribution in [-0.2, 0) is 0 Å². The van der Waals surface area contributed by atoms with Crippen molar-refractivity contribution in [1.29, 1.82) is 0 Å². The lowest BCUT2D eigenvalue weighted by molar-refractivity contribution is 1.18. The van der Waals surface area contributed by atoms with E-state index in [0.717, 1.165) is 6.54 Å². The van der Waals surface area contributed by atoms with Gasteiger partial charge in [-0.05, 0) is 31.9 Å². The molecule has 72 valence electrons. The number of hydrogen-bond donors (Lipinski definition) is 0. The molecule has 0 bridgehead atoms. The van der Waals surface area contributed by atoms with Crippen LogP contribution in [0.15, 0.2) is 34.8 Å². The Morgan fingerprint density at radius 2 is 1.64 bits per heavy atom. The van der Waals surface area contributed by atoms with E-state index in [1.54, 1.807) is 0 Å². The molecular weight excluding hydrogens is 170 g/mol. The minimum Gasteiger partial charge on any atom is -0.285 e. The highest BCUT2D eigenvalue weighted by Crippen LogP contribution is 2.25. The number of aliphatic imine (C=N–C) groups is 1. The molecule has 0 amide bonds. The fraction of sp³-hybridized carbons (Fsp3) is 0.308. The van der Waals surface area contributed by atoms with Crippen molar-refractivity contribution >= 4 is 11.3 Å². The van der Waals surface area contributed by atoms with Gasteiger partial charge in [0.05, 0.1) is 6.54 Å². The number of rotatable bonds is 1. The topological polar surface area (TPSA) is 12.4 Å². The predicted molar refractivity (Wildman–Crippen MR) is 61.7 cm³/mol. The zero-order chi connectivity index (χ0) is 10.1. The van der Waals surface area contributed by atoms with Gasteiger partial charge in [-0.15, -0.1) is 0 Å². The monoisotopic (exact) mass is 185 g/mol. The summed E-state index contributed by atoms with van der Waals surface area (Å²) in [5.41, 5.74) is 6.49. The molecule has 0 saturated carbocycles. The lowest BCUT2D eigenvalue weighted by Gasteiger charge is -2.05. The van der Waals surface area contributed by atoms with E-state index in [1.807, 2.05) is 0 Å². The SMILES string of the molecule is CC1=NCC(C)=C1c1ccc(C)cc1. The second-order valence-electron chi connectivity index (χ2n) is 3.92. The highest BCUT2D eigenvalue weighted by atomic mass is 14.8. The molecule has 0 N–H and O–H groups in total. The lowest BCUT2D eigenvalue weighted by Crippen LogP contribution is -1.94. The van der Waals surface area contributed by atoms with E-state index >= 15 is 0 Å². The summed E-state index contributed by atoms with van der Waals surface area (Å²) in [4.78, 5) is 4.44. The van der Waals surface area contributed by atoms with Gasteiger partial charge in [0.15, 0.2) is 0 Å². The third-order valence-corrected chi connectivity index (χ3v) is 2.68. The summed E-state index contributed by atoms with van der Waals surface area (Å²) in [6.45, 7) is 7.23. The molecule has 0 fully saturated rings. The second kappa shape index (κ2) is 3.41. The zero-order valence-corrected chi connectivity index (χ0v) is 8.96. The Balaban J connectivity index is 2.45. The Kier molecular flexibility index (Phi) is 2.24. The summed E-state index contributed by atoms with van der Waals surface area (Å²) < 4.78 is 0. The molecule has 0 aromatic heterocycles. The van der Waals surface area contributed by atoms with Gasteiger partial charge in [0, 0.05) is 11.3 Å². The van der Waals surface area contributed by atoms with E-state index in [1.165, 1.54) is 28.0 Å². The van der Waals surface area contributed by atoms with Crippen molar-refractivity contribution in [3.05, 3.63) is 41.0 Å². The average molecular weight is 185 g/mol. The van der Waals surface area contributed by atoms with Crippen molar-refractivity contribution in [1.82, 2.24) is 0 Å². The maximum atomic E-state index is 4.44. The summed E-state index contributed by atoms with van der Waals surface area (Å²) >= 11 is 0. The van der Waals surface area contributed by atoms with Crippen LogP contribution in [0.2, 0.25) is 0 Å². The van der Waals surface area contributed by atoms with Crippen molar-refractivity contribution in [3.63, 3.8) is 0 Å². The largest absolute Gasteiger partial charge is 0.285 e. The summed E-state index contributed by atoms with van der Waals surface area (Å²) in [6, 6.07) is 8.67. The zero-order valence-electron chi connectivity index (χ0n) is 8.96. The summed E-state index contributed by atoms with van der Waals surface area (Å²) in [6.07, 6.45) is 0. The van der Waals surface area contributed by atoms with Crippen LogP contribution in [0.25, 0.3) is 5.57 Å². The third-order valence-electron chi connectivity index (χ3n) is 2.68. The first-order valence-corrected chi connectivity index (χ1v) is 4.96. The van der Waals surface area contributed by atoms with Crippen molar-refractivity contribution in [2.75, 3.05) is 6.54 Å². The van der Waals surface area contributed by atoms with Crippen LogP contribution in [0, 0.1) is 6.92 Å². The Morgan fingerprint density at radius 3 is 2.14 bits per heavy atom. The van der Waals surface area contributed by atoms with Crippen molar-refractivity contribution < 1.29 is 0 Å². The van der Waals surface area contributed by atoms with Crippen molar-refractivity contribution in [2.45, 2.75) is 20.8 Å². The number of allylic oxidation sites excluding steroid dienone is 1. The minimum absolute atomic E-state index is 0.870. The van der Waals surface area contributed by atoms with Crippen LogP contribution >= 0.6 is 0 Å². The Labute approximate surface area is 85.2 Å². The van der Waals surface area contributed by atoms with Gasteiger partial charge < -0.3 is 0 Å². The maximum absolute atomic E-state index is 4.44. The number of hydrogen-bond acceptors (Lipinski definition) is 1. The van der Waals surface area contributed by atoms with Gasteiger partial charge in [-0.25, -0.2) is 0 Å². The van der Waals surface area contributed by atoms with Crippen LogP contribution in [0.4, 0.5) is 0 Å². The van der Waals surface area contributed by atoms with Gasteiger partial charge in [-0.2, -0.15) is 0 Å². The highest BCUT2D eigenvalue weighted by molar-refractivity contribution is 6.25. The van der Waals surface area contributed by atoms with Crippen LogP contribution in [0.5, 0.6) is 0 Å². The average Bonchev–Trinajstić information content (AvgIpc) is 2.49. The smallest absolute Gasteiger partial charge is 0.0610 e. The number of nitrogens with zero attached hydrogens (tertiary/aromatic N) is 1. The molecule has 0 saturated heterocycles. The van der Waals surface area contributed by atoms with Crippen LogP contribution in [0.3, 0.4) is 0 Å². The molecule has 1 heteroatoms. The Morgan fingerprint density at radius 1 is 1.00 bits per heavy atom. The van der Waals surface area contributed by atoms with E-state index in [4.69, 9.17) is 0 Å². The van der Waals surface area contributed by atoms with E-state index in [2.05, 4.69) is 50.0 Å². The summed E-state index contributed by atoms with van der Waals surface area (Å²) in [7, 11) is 0. The molecule has 0 spiro atoms. The van der Waals surface area contributed by atoms with E-state index in [9.17, 15) is 0 Å². The maximum Gasteiger partial charge on any atom is 0.0610 e. The molecule has 0 unspecified atom stereocenters. The van der Waals surface area contributed by atoms with Gasteiger partial charge in [-0.3, -0.25) is 4.99 Å². The first-order valence-electron chi connectivity index (χ1n) is 4.96. The minimum atomic E-state index is 0.870. The quantitative estimate of drug-likeness (QED) is 0.637. The van der Waals surface area contributed by atoms with Gasteiger partial charge in [0.25, 0.3) is 0 Å². The first kappa shape index (κ1) is 9.20. The van der Waals surface area contributed by atoms with Crippen LogP contribution in [-0.4, -0.2) is 12.3 Å². The molecule has 1 heterocycles. The number of aryl methyl sites for hydroxylation is 1. The molecule has 14 heavy (non-hydrogen) atoms. The van der Waals surface area contributed by atoms with E-state index < -0.39 is 0 Å². The number of benzene rings is 1. The van der Waals surface area contributed by atoms with Gasteiger partial charge in [-0.1, -0.05) is 29.8 Å². The molecular formula is C13H15N. The van der Waals surface area contributed by atoms with Crippen LogP contribution in [0.1, 0.15) is 25.0 Å². The van der Waals surface area contributed by atoms with Gasteiger partial charge in [0.1, 0.15) is 0 Å².